The highest BCUT2D eigenvalue weighted by Crippen LogP contribution is 2.36. The Balaban J connectivity index is 3.87. The van der Waals surface area contributed by atoms with Crippen molar-refractivity contribution in [1.82, 2.24) is 0 Å². The molecule has 0 aromatic carbocycles. The maximum absolute atomic E-state index is 12.4. The van der Waals surface area contributed by atoms with Crippen LogP contribution in [0.5, 0.6) is 0 Å². The third-order valence-corrected chi connectivity index (χ3v) is 9.54. The minimum atomic E-state index is -4.74. The van der Waals surface area contributed by atoms with Gasteiger partial charge in [-0.15, -0.1) is 0 Å². The summed E-state index contributed by atoms with van der Waals surface area (Å²) in [5, 5.41) is 0. The molecule has 0 bridgehead atoms. The Labute approximate surface area is 295 Å². The van der Waals surface area contributed by atoms with E-state index >= 15 is 0 Å². The van der Waals surface area contributed by atoms with E-state index in [0.29, 0.717) is 6.42 Å². The van der Waals surface area contributed by atoms with Crippen molar-refractivity contribution in [2.75, 3.05) is 13.2 Å². The molecular formula is C39H77O8P. The van der Waals surface area contributed by atoms with Crippen molar-refractivity contribution < 1.29 is 37.9 Å². The molecule has 0 saturated heterocycles. The average Bonchev–Trinajstić information content (AvgIpc) is 3.03. The van der Waals surface area contributed by atoms with Crippen LogP contribution in [0.15, 0.2) is 0 Å². The Hall–Kier alpha value is -0.950. The fourth-order valence-electron chi connectivity index (χ4n) is 6.03. The van der Waals surface area contributed by atoms with Crippen LogP contribution in [0.1, 0.15) is 213 Å². The van der Waals surface area contributed by atoms with E-state index in [1.165, 1.54) is 141 Å². The van der Waals surface area contributed by atoms with Crippen molar-refractivity contribution in [2.24, 2.45) is 5.92 Å². The topological polar surface area (TPSA) is 119 Å². The van der Waals surface area contributed by atoms with E-state index in [0.717, 1.165) is 38.0 Å². The molecule has 0 aliphatic rings. The Bertz CT molecular complexity index is 769. The highest BCUT2D eigenvalue weighted by atomic mass is 31.2. The minimum Gasteiger partial charge on any atom is -0.462 e. The number of hydrogen-bond donors (Lipinski definition) is 2. The average molecular weight is 705 g/mol. The first-order valence-electron chi connectivity index (χ1n) is 20.2. The molecule has 0 aromatic rings. The molecule has 0 amide bonds. The van der Waals surface area contributed by atoms with Crippen LogP contribution in [-0.2, 0) is 28.2 Å². The number of unbranched alkanes of at least 4 members (excludes halogenated alkanes) is 25. The Morgan fingerprint density at radius 2 is 0.875 bits per heavy atom. The van der Waals surface area contributed by atoms with Crippen LogP contribution in [0.3, 0.4) is 0 Å². The monoisotopic (exact) mass is 705 g/mol. The molecule has 0 heterocycles. The van der Waals surface area contributed by atoms with Gasteiger partial charge in [-0.1, -0.05) is 188 Å². The third-order valence-electron chi connectivity index (χ3n) is 9.05. The zero-order valence-electron chi connectivity index (χ0n) is 31.6. The maximum Gasteiger partial charge on any atom is 0.469 e. The lowest BCUT2D eigenvalue weighted by Gasteiger charge is -2.18. The number of esters is 2. The van der Waals surface area contributed by atoms with E-state index in [-0.39, 0.29) is 19.4 Å². The minimum absolute atomic E-state index is 0.219. The Morgan fingerprint density at radius 3 is 1.25 bits per heavy atom. The molecule has 0 radical (unpaired) electrons. The number of carbonyl (C=O) groups is 2. The van der Waals surface area contributed by atoms with Gasteiger partial charge in [0, 0.05) is 12.8 Å². The molecule has 2 N–H and O–H groups in total. The third kappa shape index (κ3) is 37.9. The van der Waals surface area contributed by atoms with E-state index in [4.69, 9.17) is 19.3 Å². The van der Waals surface area contributed by atoms with E-state index < -0.39 is 32.5 Å². The summed E-state index contributed by atoms with van der Waals surface area (Å²) in [5.41, 5.74) is 0. The summed E-state index contributed by atoms with van der Waals surface area (Å²) in [5.74, 6) is -0.0374. The molecule has 0 fully saturated rings. The summed E-state index contributed by atoms with van der Waals surface area (Å²) in [6.07, 6.45) is 34.0. The summed E-state index contributed by atoms with van der Waals surface area (Å²) in [6, 6.07) is 0. The molecule has 0 aliphatic heterocycles. The number of phosphoric acid groups is 1. The van der Waals surface area contributed by atoms with Crippen molar-refractivity contribution in [3.63, 3.8) is 0 Å². The van der Waals surface area contributed by atoms with Gasteiger partial charge in [0.05, 0.1) is 6.61 Å². The molecule has 286 valence electrons. The quantitative estimate of drug-likeness (QED) is 0.0372. The lowest BCUT2D eigenvalue weighted by atomic mass is 10.0. The van der Waals surface area contributed by atoms with Gasteiger partial charge in [-0.2, -0.15) is 0 Å². The number of carbonyl (C=O) groups excluding carboxylic acids is 2. The highest BCUT2D eigenvalue weighted by molar-refractivity contribution is 7.46. The van der Waals surface area contributed by atoms with Gasteiger partial charge >= 0.3 is 19.8 Å². The first-order valence-corrected chi connectivity index (χ1v) is 21.7. The van der Waals surface area contributed by atoms with E-state index in [9.17, 15) is 14.2 Å². The first-order chi connectivity index (χ1) is 23.1. The second kappa shape index (κ2) is 34.5. The standard InChI is InChI=1S/C39H77O8P/c1-4-5-6-7-8-9-10-13-18-21-24-27-30-33-39(41)47-37(35-46-48(42,43)44)34-45-38(40)32-29-26-23-20-17-15-12-11-14-16-19-22-25-28-31-36(2)3/h36-37H,4-35H2,1-3H3,(H2,42,43,44)/t37-/m1/s1. The zero-order chi connectivity index (χ0) is 35.6. The summed E-state index contributed by atoms with van der Waals surface area (Å²) in [6.45, 7) is 6.04. The van der Waals surface area contributed by atoms with Crippen LogP contribution in [-0.4, -0.2) is 41.0 Å². The van der Waals surface area contributed by atoms with Gasteiger partial charge in [0.1, 0.15) is 6.61 Å². The zero-order valence-corrected chi connectivity index (χ0v) is 32.5. The summed E-state index contributed by atoms with van der Waals surface area (Å²) in [7, 11) is -4.74. The number of hydrogen-bond acceptors (Lipinski definition) is 6. The van der Waals surface area contributed by atoms with Crippen molar-refractivity contribution >= 4 is 19.8 Å². The predicted octanol–water partition coefficient (Wildman–Crippen LogP) is 11.9. The van der Waals surface area contributed by atoms with Crippen molar-refractivity contribution in [2.45, 2.75) is 219 Å². The van der Waals surface area contributed by atoms with Crippen molar-refractivity contribution in [3.8, 4) is 0 Å². The summed E-state index contributed by atoms with van der Waals surface area (Å²) in [4.78, 5) is 42.7. The van der Waals surface area contributed by atoms with Crippen LogP contribution >= 0.6 is 7.82 Å². The fourth-order valence-corrected chi connectivity index (χ4v) is 6.39. The number of ether oxygens (including phenoxy) is 2. The van der Waals surface area contributed by atoms with Gasteiger partial charge in [-0.25, -0.2) is 4.57 Å². The molecule has 0 unspecified atom stereocenters. The molecular weight excluding hydrogens is 627 g/mol. The van der Waals surface area contributed by atoms with Gasteiger partial charge in [-0.05, 0) is 18.8 Å². The first kappa shape index (κ1) is 47.0. The van der Waals surface area contributed by atoms with Gasteiger partial charge in [0.2, 0.25) is 0 Å². The molecule has 0 aromatic heterocycles. The second-order valence-corrected chi connectivity index (χ2v) is 15.7. The lowest BCUT2D eigenvalue weighted by molar-refractivity contribution is -0.161. The molecule has 1 atom stereocenters. The number of rotatable bonds is 37. The lowest BCUT2D eigenvalue weighted by Crippen LogP contribution is -2.29. The second-order valence-electron chi connectivity index (χ2n) is 14.5. The van der Waals surface area contributed by atoms with Crippen LogP contribution in [0.2, 0.25) is 0 Å². The van der Waals surface area contributed by atoms with Gasteiger partial charge < -0.3 is 19.3 Å². The fraction of sp³-hybridized carbons (Fsp3) is 0.949. The van der Waals surface area contributed by atoms with Crippen molar-refractivity contribution in [1.29, 1.82) is 0 Å². The molecule has 48 heavy (non-hydrogen) atoms. The van der Waals surface area contributed by atoms with Gasteiger partial charge in [0.25, 0.3) is 0 Å². The summed E-state index contributed by atoms with van der Waals surface area (Å²) < 4.78 is 26.3. The molecule has 9 heteroatoms. The largest absolute Gasteiger partial charge is 0.469 e. The van der Waals surface area contributed by atoms with Gasteiger partial charge in [0.15, 0.2) is 6.10 Å². The van der Waals surface area contributed by atoms with Crippen LogP contribution in [0, 0.1) is 5.92 Å². The van der Waals surface area contributed by atoms with Crippen LogP contribution < -0.4 is 0 Å². The highest BCUT2D eigenvalue weighted by Gasteiger charge is 2.22. The van der Waals surface area contributed by atoms with E-state index in [2.05, 4.69) is 25.3 Å². The molecule has 0 aliphatic carbocycles. The van der Waals surface area contributed by atoms with Crippen LogP contribution in [0.25, 0.3) is 0 Å². The summed E-state index contributed by atoms with van der Waals surface area (Å²) >= 11 is 0. The van der Waals surface area contributed by atoms with Crippen molar-refractivity contribution in [3.05, 3.63) is 0 Å². The van der Waals surface area contributed by atoms with Crippen LogP contribution in [0.4, 0.5) is 0 Å². The van der Waals surface area contributed by atoms with E-state index in [1.54, 1.807) is 0 Å². The normalized spacial score (nSPS) is 12.5. The molecule has 0 saturated carbocycles. The molecule has 8 nitrogen and oxygen atoms in total. The predicted molar refractivity (Wildman–Crippen MR) is 198 cm³/mol. The maximum atomic E-state index is 12.4. The Kier molecular flexibility index (Phi) is 33.8. The molecule has 0 spiro atoms. The smallest absolute Gasteiger partial charge is 0.462 e. The van der Waals surface area contributed by atoms with Gasteiger partial charge in [-0.3, -0.25) is 14.1 Å². The van der Waals surface area contributed by atoms with E-state index in [1.807, 2.05) is 0 Å². The Morgan fingerprint density at radius 1 is 0.521 bits per heavy atom. The number of phosphoric ester groups is 1. The SMILES string of the molecule is CCCCCCCCCCCCCCCC(=O)O[C@H](COC(=O)CCCCCCCCCCCCCCCCC(C)C)COP(=O)(O)O. The molecule has 0 rings (SSSR count).